The third-order valence-corrected chi connectivity index (χ3v) is 5.77. The Hall–Kier alpha value is -1.65. The molecule has 0 radical (unpaired) electrons. The number of hydrogen-bond acceptors (Lipinski definition) is 6. The van der Waals surface area contributed by atoms with E-state index in [0.29, 0.717) is 6.04 Å². The molecule has 0 saturated carbocycles. The molecule has 1 aromatic carbocycles. The summed E-state index contributed by atoms with van der Waals surface area (Å²) in [4.78, 5) is 19.5. The second-order valence-electron chi connectivity index (χ2n) is 6.82. The Balaban J connectivity index is 0.000000576. The first-order valence-corrected chi connectivity index (χ1v) is 9.61. The van der Waals surface area contributed by atoms with Gasteiger partial charge in [-0.15, -0.1) is 11.3 Å². The maximum absolute atomic E-state index is 9.77. The molecule has 1 aliphatic heterocycles. The Bertz CT molecular complexity index is 791. The summed E-state index contributed by atoms with van der Waals surface area (Å²) in [5, 5.41) is 39.8. The van der Waals surface area contributed by atoms with E-state index < -0.39 is 24.1 Å². The van der Waals surface area contributed by atoms with Gasteiger partial charge in [-0.3, -0.25) is 0 Å². The lowest BCUT2D eigenvalue weighted by Gasteiger charge is -2.28. The van der Waals surface area contributed by atoms with Crippen molar-refractivity contribution in [3.05, 3.63) is 34.7 Å². The van der Waals surface area contributed by atoms with E-state index in [9.17, 15) is 9.59 Å². The van der Waals surface area contributed by atoms with Crippen LogP contribution in [0.3, 0.4) is 0 Å². The van der Waals surface area contributed by atoms with Crippen molar-refractivity contribution in [3.63, 3.8) is 0 Å². The molecule has 2 unspecified atom stereocenters. The van der Waals surface area contributed by atoms with Crippen LogP contribution in [-0.2, 0) is 9.59 Å². The standard InChI is InChI=1S/C15H19NS.C4H6O6.CH4.H2S/c1-10-9-17-15-4-3-12(8-14(10)15)13-5-6-16-11(2)7-13;5-1(3(7)8)2(6)4(9)10;;/h3-4,8-9,11,13,16H,5-7H2,1-2H3;1-2,5-6H,(H,7,8)(H,9,10);1H4;1H2/t11-,13+;;;/m0.../s1. The second kappa shape index (κ2) is 12.1. The fourth-order valence-electron chi connectivity index (χ4n) is 3.13. The minimum Gasteiger partial charge on any atom is -0.479 e. The second-order valence-corrected chi connectivity index (χ2v) is 7.73. The number of carboxylic acid groups (broad SMARTS) is 2. The largest absolute Gasteiger partial charge is 0.479 e. The van der Waals surface area contributed by atoms with Crippen molar-refractivity contribution >= 4 is 46.9 Å². The first-order valence-electron chi connectivity index (χ1n) is 8.73. The Morgan fingerprint density at radius 1 is 1.17 bits per heavy atom. The van der Waals surface area contributed by atoms with Gasteiger partial charge < -0.3 is 25.7 Å². The van der Waals surface area contributed by atoms with Crippen LogP contribution in [0.1, 0.15) is 44.2 Å². The van der Waals surface area contributed by atoms with E-state index in [2.05, 4.69) is 42.7 Å². The maximum atomic E-state index is 9.77. The molecule has 4 atom stereocenters. The van der Waals surface area contributed by atoms with E-state index in [0.717, 1.165) is 12.5 Å². The van der Waals surface area contributed by atoms with E-state index in [1.807, 2.05) is 11.3 Å². The molecular formula is C20H31NO6S2. The molecule has 0 amide bonds. The number of piperidine rings is 1. The lowest BCUT2D eigenvalue weighted by molar-refractivity contribution is -0.165. The number of aliphatic carboxylic acids is 2. The van der Waals surface area contributed by atoms with E-state index in [-0.39, 0.29) is 20.9 Å². The molecule has 9 heteroatoms. The highest BCUT2D eigenvalue weighted by atomic mass is 32.1. The highest BCUT2D eigenvalue weighted by molar-refractivity contribution is 7.59. The van der Waals surface area contributed by atoms with Gasteiger partial charge in [0.15, 0.2) is 12.2 Å². The predicted molar refractivity (Wildman–Crippen MR) is 120 cm³/mol. The molecule has 29 heavy (non-hydrogen) atoms. The van der Waals surface area contributed by atoms with Crippen LogP contribution in [-0.4, -0.2) is 57.2 Å². The van der Waals surface area contributed by atoms with E-state index in [1.165, 1.54) is 34.1 Å². The van der Waals surface area contributed by atoms with Crippen LogP contribution < -0.4 is 5.32 Å². The van der Waals surface area contributed by atoms with Gasteiger partial charge in [-0.05, 0) is 73.2 Å². The number of hydrogen-bond donors (Lipinski definition) is 5. The molecular weight excluding hydrogens is 414 g/mol. The normalized spacial score (nSPS) is 20.3. The van der Waals surface area contributed by atoms with Crippen molar-refractivity contribution in [3.8, 4) is 0 Å². The summed E-state index contributed by atoms with van der Waals surface area (Å²) < 4.78 is 1.42. The van der Waals surface area contributed by atoms with Gasteiger partial charge in [-0.2, -0.15) is 13.5 Å². The Labute approximate surface area is 181 Å². The SMILES string of the molecule is C.Cc1csc2ccc([C@@H]3CCN[C@@H](C)C3)cc12.O=C(O)C(O)C(O)C(=O)O.S. The molecule has 5 N–H and O–H groups in total. The molecule has 164 valence electrons. The molecule has 0 bridgehead atoms. The van der Waals surface area contributed by atoms with Gasteiger partial charge in [0, 0.05) is 10.7 Å². The minimum absolute atomic E-state index is 0. The lowest BCUT2D eigenvalue weighted by atomic mass is 9.86. The van der Waals surface area contributed by atoms with Gasteiger partial charge >= 0.3 is 11.9 Å². The molecule has 0 aliphatic carbocycles. The van der Waals surface area contributed by atoms with Gasteiger partial charge in [0.25, 0.3) is 0 Å². The quantitative estimate of drug-likeness (QED) is 0.490. The van der Waals surface area contributed by atoms with Crippen LogP contribution in [0, 0.1) is 6.92 Å². The number of fused-ring (bicyclic) bond motifs is 1. The first-order chi connectivity index (χ1) is 12.7. The minimum atomic E-state index is -2.27. The molecule has 1 fully saturated rings. The smallest absolute Gasteiger partial charge is 0.335 e. The van der Waals surface area contributed by atoms with Gasteiger partial charge in [-0.1, -0.05) is 13.5 Å². The van der Waals surface area contributed by atoms with Crippen LogP contribution in [0.2, 0.25) is 0 Å². The molecule has 3 rings (SSSR count). The van der Waals surface area contributed by atoms with E-state index in [1.54, 1.807) is 0 Å². The van der Waals surface area contributed by atoms with Crippen LogP contribution in [0.25, 0.3) is 10.1 Å². The number of benzene rings is 1. The van der Waals surface area contributed by atoms with Crippen LogP contribution in [0.15, 0.2) is 23.6 Å². The monoisotopic (exact) mass is 445 g/mol. The average Bonchev–Trinajstić information content (AvgIpc) is 3.01. The average molecular weight is 446 g/mol. The zero-order chi connectivity index (χ0) is 20.1. The highest BCUT2D eigenvalue weighted by Crippen LogP contribution is 2.33. The summed E-state index contributed by atoms with van der Waals surface area (Å²) in [6, 6.07) is 7.72. The number of carbonyl (C=O) groups is 2. The van der Waals surface area contributed by atoms with Crippen LogP contribution in [0.4, 0.5) is 0 Å². The number of aliphatic hydroxyl groups excluding tert-OH is 2. The Morgan fingerprint density at radius 2 is 1.76 bits per heavy atom. The number of nitrogens with one attached hydrogen (secondary N) is 1. The lowest BCUT2D eigenvalue weighted by Crippen LogP contribution is -2.39. The van der Waals surface area contributed by atoms with Gasteiger partial charge in [-0.25, -0.2) is 9.59 Å². The topological polar surface area (TPSA) is 127 Å². The van der Waals surface area contributed by atoms with E-state index >= 15 is 0 Å². The number of rotatable bonds is 4. The predicted octanol–water partition coefficient (Wildman–Crippen LogP) is 2.69. The fourth-order valence-corrected chi connectivity index (χ4v) is 4.06. The van der Waals surface area contributed by atoms with Gasteiger partial charge in [0.05, 0.1) is 0 Å². The van der Waals surface area contributed by atoms with Crippen molar-refractivity contribution < 1.29 is 30.0 Å². The van der Waals surface area contributed by atoms with Gasteiger partial charge in [0.1, 0.15) is 0 Å². The summed E-state index contributed by atoms with van der Waals surface area (Å²) in [7, 11) is 0. The third kappa shape index (κ3) is 7.27. The number of carboxylic acids is 2. The summed E-state index contributed by atoms with van der Waals surface area (Å²) in [5.74, 6) is -2.79. The zero-order valence-corrected chi connectivity index (χ0v) is 17.6. The molecule has 2 aromatic rings. The van der Waals surface area contributed by atoms with Crippen molar-refractivity contribution in [2.45, 2.75) is 58.3 Å². The molecule has 7 nitrogen and oxygen atoms in total. The number of aryl methyl sites for hydroxylation is 1. The van der Waals surface area contributed by atoms with Crippen molar-refractivity contribution in [2.24, 2.45) is 0 Å². The third-order valence-electron chi connectivity index (χ3n) is 4.69. The fraction of sp³-hybridized carbons (Fsp3) is 0.500. The molecule has 2 heterocycles. The van der Waals surface area contributed by atoms with Crippen molar-refractivity contribution in [2.75, 3.05) is 6.54 Å². The molecule has 1 aliphatic rings. The van der Waals surface area contributed by atoms with Crippen LogP contribution >= 0.6 is 24.8 Å². The summed E-state index contributed by atoms with van der Waals surface area (Å²) in [6.07, 6.45) is -1.98. The zero-order valence-electron chi connectivity index (χ0n) is 15.8. The first kappa shape index (κ1) is 27.4. The Morgan fingerprint density at radius 3 is 2.28 bits per heavy atom. The summed E-state index contributed by atoms with van der Waals surface area (Å²) in [5.41, 5.74) is 2.96. The van der Waals surface area contributed by atoms with Gasteiger partial charge in [0.2, 0.25) is 0 Å². The summed E-state index contributed by atoms with van der Waals surface area (Å²) >= 11 is 1.86. The van der Waals surface area contributed by atoms with E-state index in [4.69, 9.17) is 20.4 Å². The van der Waals surface area contributed by atoms with Crippen molar-refractivity contribution in [1.29, 1.82) is 0 Å². The summed E-state index contributed by atoms with van der Waals surface area (Å²) in [6.45, 7) is 5.67. The molecule has 1 saturated heterocycles. The Kier molecular flexibility index (Phi) is 11.4. The molecule has 1 aromatic heterocycles. The number of aliphatic hydroxyl groups is 2. The number of thiophene rings is 1. The van der Waals surface area contributed by atoms with Crippen LogP contribution in [0.5, 0.6) is 0 Å². The highest BCUT2D eigenvalue weighted by Gasteiger charge is 2.29. The molecule has 0 spiro atoms. The maximum Gasteiger partial charge on any atom is 0.335 e. The van der Waals surface area contributed by atoms with Crippen molar-refractivity contribution in [1.82, 2.24) is 5.32 Å².